The second kappa shape index (κ2) is 6.72. The van der Waals surface area contributed by atoms with Gasteiger partial charge in [0, 0.05) is 18.3 Å². The van der Waals surface area contributed by atoms with E-state index in [1.54, 1.807) is 6.92 Å². The molecule has 19 heavy (non-hydrogen) atoms. The third kappa shape index (κ3) is 4.57. The highest BCUT2D eigenvalue weighted by atomic mass is 16.4. The number of carboxylic acids is 1. The van der Waals surface area contributed by atoms with Crippen molar-refractivity contribution in [2.75, 3.05) is 6.54 Å². The van der Waals surface area contributed by atoms with Gasteiger partial charge in [-0.05, 0) is 25.8 Å². The van der Waals surface area contributed by atoms with E-state index < -0.39 is 11.9 Å². The van der Waals surface area contributed by atoms with Crippen LogP contribution in [0.4, 0.5) is 0 Å². The van der Waals surface area contributed by atoms with Crippen molar-refractivity contribution in [3.05, 3.63) is 23.5 Å². The van der Waals surface area contributed by atoms with Crippen molar-refractivity contribution in [2.24, 2.45) is 5.92 Å². The monoisotopic (exact) mass is 266 g/mol. The lowest BCUT2D eigenvalue weighted by Crippen LogP contribution is -2.25. The Balaban J connectivity index is 2.35. The summed E-state index contributed by atoms with van der Waals surface area (Å²) in [4.78, 5) is 36.1. The predicted molar refractivity (Wildman–Crippen MR) is 69.2 cm³/mol. The maximum absolute atomic E-state index is 11.7. The van der Waals surface area contributed by atoms with Crippen LogP contribution in [0.2, 0.25) is 0 Å². The fraction of sp³-hybridized carbons (Fsp3) is 0.462. The standard InChI is InChI=1S/C13H18N2O4/c1-8(13(18)19)4-3-5-14-12(17)11-6-10(7-15-11)9(2)16/h6-8,15H,3-5H2,1-2H3,(H,14,17)(H,18,19). The minimum atomic E-state index is -0.832. The van der Waals surface area contributed by atoms with Gasteiger partial charge in [0.1, 0.15) is 5.69 Å². The van der Waals surface area contributed by atoms with Crippen LogP contribution in [-0.4, -0.2) is 34.3 Å². The number of amides is 1. The average Bonchev–Trinajstić information content (AvgIpc) is 2.83. The number of aliphatic carboxylic acids is 1. The van der Waals surface area contributed by atoms with Gasteiger partial charge in [0.25, 0.3) is 5.91 Å². The van der Waals surface area contributed by atoms with E-state index in [0.717, 1.165) is 0 Å². The second-order valence-electron chi connectivity index (χ2n) is 4.50. The molecule has 0 aliphatic heterocycles. The lowest BCUT2D eigenvalue weighted by atomic mass is 10.1. The van der Waals surface area contributed by atoms with Crippen LogP contribution in [0.15, 0.2) is 12.3 Å². The van der Waals surface area contributed by atoms with Crippen molar-refractivity contribution in [1.82, 2.24) is 10.3 Å². The van der Waals surface area contributed by atoms with Gasteiger partial charge >= 0.3 is 5.97 Å². The molecule has 0 spiro atoms. The Kier molecular flexibility index (Phi) is 5.29. The molecule has 6 nitrogen and oxygen atoms in total. The quantitative estimate of drug-likeness (QED) is 0.513. The van der Waals surface area contributed by atoms with Crippen molar-refractivity contribution in [3.8, 4) is 0 Å². The van der Waals surface area contributed by atoms with Crippen LogP contribution < -0.4 is 5.32 Å². The largest absolute Gasteiger partial charge is 0.481 e. The average molecular weight is 266 g/mol. The zero-order valence-corrected chi connectivity index (χ0v) is 11.0. The molecule has 6 heteroatoms. The van der Waals surface area contributed by atoms with Crippen LogP contribution in [0.1, 0.15) is 47.5 Å². The summed E-state index contributed by atoms with van der Waals surface area (Å²) in [7, 11) is 0. The third-order valence-electron chi connectivity index (χ3n) is 2.86. The van der Waals surface area contributed by atoms with E-state index in [9.17, 15) is 14.4 Å². The highest BCUT2D eigenvalue weighted by Crippen LogP contribution is 2.06. The van der Waals surface area contributed by atoms with E-state index >= 15 is 0 Å². The lowest BCUT2D eigenvalue weighted by Gasteiger charge is -2.06. The van der Waals surface area contributed by atoms with E-state index in [2.05, 4.69) is 10.3 Å². The lowest BCUT2D eigenvalue weighted by molar-refractivity contribution is -0.141. The van der Waals surface area contributed by atoms with Gasteiger partial charge in [0.2, 0.25) is 0 Å². The van der Waals surface area contributed by atoms with Crippen molar-refractivity contribution >= 4 is 17.7 Å². The number of aromatic amines is 1. The molecule has 0 fully saturated rings. The van der Waals surface area contributed by atoms with Crippen LogP contribution in [0.5, 0.6) is 0 Å². The number of carboxylic acid groups (broad SMARTS) is 1. The summed E-state index contributed by atoms with van der Waals surface area (Å²) >= 11 is 0. The summed E-state index contributed by atoms with van der Waals surface area (Å²) in [6.45, 7) is 3.47. The molecule has 0 radical (unpaired) electrons. The Morgan fingerprint density at radius 2 is 2.11 bits per heavy atom. The predicted octanol–water partition coefficient (Wildman–Crippen LogP) is 1.45. The Morgan fingerprint density at radius 1 is 1.42 bits per heavy atom. The normalized spacial score (nSPS) is 11.9. The Labute approximate surface area is 111 Å². The molecule has 0 aromatic carbocycles. The second-order valence-corrected chi connectivity index (χ2v) is 4.50. The highest BCUT2D eigenvalue weighted by Gasteiger charge is 2.12. The number of nitrogens with one attached hydrogen (secondary N) is 2. The van der Waals surface area contributed by atoms with Crippen LogP contribution in [0.3, 0.4) is 0 Å². The molecule has 1 unspecified atom stereocenters. The number of carbonyl (C=O) groups excluding carboxylic acids is 2. The molecule has 1 atom stereocenters. The molecule has 1 aromatic heterocycles. The summed E-state index contributed by atoms with van der Waals surface area (Å²) in [6, 6.07) is 1.50. The van der Waals surface area contributed by atoms with Gasteiger partial charge in [-0.2, -0.15) is 0 Å². The van der Waals surface area contributed by atoms with Gasteiger partial charge in [0.05, 0.1) is 5.92 Å². The molecular weight excluding hydrogens is 248 g/mol. The van der Waals surface area contributed by atoms with E-state index in [1.165, 1.54) is 19.2 Å². The Bertz CT molecular complexity index is 479. The number of Topliss-reactive ketones (excluding diaryl/α,β-unsaturated/α-hetero) is 1. The molecule has 0 saturated heterocycles. The Morgan fingerprint density at radius 3 is 2.63 bits per heavy atom. The zero-order valence-electron chi connectivity index (χ0n) is 11.0. The van der Waals surface area contributed by atoms with Gasteiger partial charge < -0.3 is 15.4 Å². The summed E-state index contributed by atoms with van der Waals surface area (Å²) < 4.78 is 0. The summed E-state index contributed by atoms with van der Waals surface area (Å²) in [5.74, 6) is -1.64. The zero-order chi connectivity index (χ0) is 14.4. The van der Waals surface area contributed by atoms with Gasteiger partial charge in [-0.15, -0.1) is 0 Å². The molecule has 1 rings (SSSR count). The molecule has 3 N–H and O–H groups in total. The van der Waals surface area contributed by atoms with Crippen molar-refractivity contribution in [3.63, 3.8) is 0 Å². The molecular formula is C13H18N2O4. The van der Waals surface area contributed by atoms with Crippen LogP contribution >= 0.6 is 0 Å². The fourth-order valence-corrected chi connectivity index (χ4v) is 1.56. The van der Waals surface area contributed by atoms with Gasteiger partial charge in [-0.1, -0.05) is 6.92 Å². The first-order chi connectivity index (χ1) is 8.91. The molecule has 1 aromatic rings. The third-order valence-corrected chi connectivity index (χ3v) is 2.86. The van der Waals surface area contributed by atoms with E-state index in [1.807, 2.05) is 0 Å². The maximum Gasteiger partial charge on any atom is 0.306 e. The smallest absolute Gasteiger partial charge is 0.306 e. The van der Waals surface area contributed by atoms with Gasteiger partial charge in [-0.3, -0.25) is 14.4 Å². The molecule has 0 saturated carbocycles. The number of carbonyl (C=O) groups is 3. The number of rotatable bonds is 7. The maximum atomic E-state index is 11.7. The first kappa shape index (κ1) is 14.9. The first-order valence-corrected chi connectivity index (χ1v) is 6.12. The first-order valence-electron chi connectivity index (χ1n) is 6.12. The van der Waals surface area contributed by atoms with Gasteiger partial charge in [0.15, 0.2) is 5.78 Å². The van der Waals surface area contributed by atoms with Crippen molar-refractivity contribution in [1.29, 1.82) is 0 Å². The molecule has 0 aliphatic carbocycles. The Hall–Kier alpha value is -2.11. The number of aromatic nitrogens is 1. The van der Waals surface area contributed by atoms with Crippen LogP contribution in [0.25, 0.3) is 0 Å². The summed E-state index contributed by atoms with van der Waals surface area (Å²) in [5, 5.41) is 11.4. The summed E-state index contributed by atoms with van der Waals surface area (Å²) in [5.41, 5.74) is 0.793. The summed E-state index contributed by atoms with van der Waals surface area (Å²) in [6.07, 6.45) is 2.60. The van der Waals surface area contributed by atoms with E-state index in [0.29, 0.717) is 30.6 Å². The SMILES string of the molecule is CC(=O)c1c[nH]c(C(=O)NCCCC(C)C(=O)O)c1. The number of hydrogen-bond donors (Lipinski definition) is 3. The minimum Gasteiger partial charge on any atom is -0.481 e. The molecule has 104 valence electrons. The van der Waals surface area contributed by atoms with Crippen molar-refractivity contribution < 1.29 is 19.5 Å². The number of hydrogen-bond acceptors (Lipinski definition) is 3. The van der Waals surface area contributed by atoms with Crippen LogP contribution in [0, 0.1) is 5.92 Å². The number of ketones is 1. The molecule has 1 amide bonds. The molecule has 1 heterocycles. The highest BCUT2D eigenvalue weighted by molar-refractivity contribution is 5.99. The minimum absolute atomic E-state index is 0.106. The fourth-order valence-electron chi connectivity index (χ4n) is 1.56. The van der Waals surface area contributed by atoms with Crippen LogP contribution in [-0.2, 0) is 4.79 Å². The van der Waals surface area contributed by atoms with E-state index in [4.69, 9.17) is 5.11 Å². The number of H-pyrrole nitrogens is 1. The molecule has 0 bridgehead atoms. The van der Waals surface area contributed by atoms with E-state index in [-0.39, 0.29) is 11.7 Å². The van der Waals surface area contributed by atoms with Gasteiger partial charge in [-0.25, -0.2) is 0 Å². The molecule has 0 aliphatic rings. The topological polar surface area (TPSA) is 99.3 Å². The van der Waals surface area contributed by atoms with Crippen molar-refractivity contribution in [2.45, 2.75) is 26.7 Å².